The molecule has 0 aliphatic carbocycles. The van der Waals surface area contributed by atoms with Crippen LogP contribution in [0.25, 0.3) is 0 Å². The van der Waals surface area contributed by atoms with Gasteiger partial charge in [-0.1, -0.05) is 51.8 Å². The zero-order valence-corrected chi connectivity index (χ0v) is 18.7. The maximum atomic E-state index is 12.7. The van der Waals surface area contributed by atoms with Gasteiger partial charge in [-0.15, -0.1) is 0 Å². The molecule has 9 heteroatoms. The summed E-state index contributed by atoms with van der Waals surface area (Å²) < 4.78 is 11.0. The highest BCUT2D eigenvalue weighted by atomic mass is 79.9. The zero-order chi connectivity index (χ0) is 22.2. The van der Waals surface area contributed by atoms with Gasteiger partial charge in [-0.05, 0) is 42.8 Å². The smallest absolute Gasteiger partial charge is 0.354 e. The number of halogens is 3. The quantitative estimate of drug-likeness (QED) is 0.426. The lowest BCUT2D eigenvalue weighted by Crippen LogP contribution is -2.44. The Morgan fingerprint density at radius 3 is 2.57 bits per heavy atom. The second-order valence-electron chi connectivity index (χ2n) is 6.46. The van der Waals surface area contributed by atoms with Crippen molar-refractivity contribution in [1.82, 2.24) is 0 Å². The van der Waals surface area contributed by atoms with Crippen molar-refractivity contribution in [3.63, 3.8) is 0 Å². The van der Waals surface area contributed by atoms with Crippen LogP contribution in [0.5, 0.6) is 0 Å². The minimum atomic E-state index is -2.29. The predicted molar refractivity (Wildman–Crippen MR) is 114 cm³/mol. The summed E-state index contributed by atoms with van der Waals surface area (Å²) in [5, 5.41) is 10.7. The summed E-state index contributed by atoms with van der Waals surface area (Å²) in [6, 6.07) is 8.85. The summed E-state index contributed by atoms with van der Waals surface area (Å²) in [5.74, 6) is -4.55. The third-order valence-electron chi connectivity index (χ3n) is 4.74. The Balaban J connectivity index is 2.35. The summed E-state index contributed by atoms with van der Waals surface area (Å²) >= 11 is 15.6. The van der Waals surface area contributed by atoms with Crippen LogP contribution in [0, 0.1) is 0 Å². The number of hydrogen-bond acceptors (Lipinski definition) is 5. The Morgan fingerprint density at radius 1 is 1.27 bits per heavy atom. The lowest BCUT2D eigenvalue weighted by molar-refractivity contribution is -0.161. The lowest BCUT2D eigenvalue weighted by atomic mass is 9.73. The van der Waals surface area contributed by atoms with Crippen LogP contribution < -0.4 is 0 Å². The first-order valence-corrected chi connectivity index (χ1v) is 10.3. The molecule has 1 N–H and O–H groups in total. The predicted octanol–water partition coefficient (Wildman–Crippen LogP) is 5.11. The molecule has 30 heavy (non-hydrogen) atoms. The number of benzene rings is 2. The average molecular weight is 514 g/mol. The van der Waals surface area contributed by atoms with Crippen LogP contribution in [-0.4, -0.2) is 29.6 Å². The van der Waals surface area contributed by atoms with Crippen LogP contribution in [0.15, 0.2) is 53.0 Å². The Kier molecular flexibility index (Phi) is 6.26. The third-order valence-corrected chi connectivity index (χ3v) is 5.79. The molecule has 2 aromatic rings. The first-order valence-electron chi connectivity index (χ1n) is 8.71. The van der Waals surface area contributed by atoms with Crippen molar-refractivity contribution in [2.24, 2.45) is 0 Å². The fourth-order valence-electron chi connectivity index (χ4n) is 3.48. The van der Waals surface area contributed by atoms with E-state index in [2.05, 4.69) is 22.5 Å². The van der Waals surface area contributed by atoms with Crippen molar-refractivity contribution < 1.29 is 29.0 Å². The SMILES string of the molecule is C=C(C(=O)OCC)[C@H](c1ccc(Cl)cc1Cl)[C@]1(C(=O)O)OC(=O)c2ccc(Br)cc21. The normalized spacial score (nSPS) is 18.3. The van der Waals surface area contributed by atoms with Gasteiger partial charge in [0.1, 0.15) is 0 Å². The van der Waals surface area contributed by atoms with Gasteiger partial charge in [-0.25, -0.2) is 14.4 Å². The van der Waals surface area contributed by atoms with E-state index in [1.165, 1.54) is 30.3 Å². The zero-order valence-electron chi connectivity index (χ0n) is 15.6. The van der Waals surface area contributed by atoms with Gasteiger partial charge in [0, 0.05) is 25.7 Å². The van der Waals surface area contributed by atoms with Crippen molar-refractivity contribution >= 4 is 57.0 Å². The van der Waals surface area contributed by atoms with Gasteiger partial charge in [0.2, 0.25) is 5.60 Å². The van der Waals surface area contributed by atoms with Gasteiger partial charge in [-0.3, -0.25) is 0 Å². The second kappa shape index (κ2) is 8.41. The molecule has 0 fully saturated rings. The topological polar surface area (TPSA) is 89.9 Å². The molecule has 0 aromatic heterocycles. The van der Waals surface area contributed by atoms with Gasteiger partial charge < -0.3 is 14.6 Å². The van der Waals surface area contributed by atoms with Gasteiger partial charge in [0.05, 0.1) is 18.1 Å². The van der Waals surface area contributed by atoms with Crippen LogP contribution in [0.4, 0.5) is 0 Å². The van der Waals surface area contributed by atoms with Crippen molar-refractivity contribution in [3.8, 4) is 0 Å². The van der Waals surface area contributed by atoms with E-state index in [1.54, 1.807) is 13.0 Å². The maximum Gasteiger partial charge on any atom is 0.354 e. The van der Waals surface area contributed by atoms with Crippen molar-refractivity contribution in [3.05, 3.63) is 79.8 Å². The summed E-state index contributed by atoms with van der Waals surface area (Å²) in [7, 11) is 0. The number of ether oxygens (including phenoxy) is 2. The van der Waals surface area contributed by atoms with E-state index in [0.717, 1.165) is 0 Å². The van der Waals surface area contributed by atoms with Gasteiger partial charge in [0.15, 0.2) is 0 Å². The van der Waals surface area contributed by atoms with E-state index >= 15 is 0 Å². The molecule has 0 spiro atoms. The van der Waals surface area contributed by atoms with Crippen molar-refractivity contribution in [2.75, 3.05) is 6.61 Å². The molecule has 2 atom stereocenters. The minimum Gasteiger partial charge on any atom is -0.478 e. The Bertz CT molecular complexity index is 1080. The molecule has 0 saturated carbocycles. The van der Waals surface area contributed by atoms with E-state index in [-0.39, 0.29) is 33.9 Å². The molecular weight excluding hydrogens is 499 g/mol. The molecule has 1 aliphatic rings. The van der Waals surface area contributed by atoms with E-state index < -0.39 is 29.4 Å². The fraction of sp³-hybridized carbons (Fsp3) is 0.190. The average Bonchev–Trinajstić information content (AvgIpc) is 2.96. The highest BCUT2D eigenvalue weighted by molar-refractivity contribution is 9.10. The largest absolute Gasteiger partial charge is 0.478 e. The molecule has 0 unspecified atom stereocenters. The molecule has 0 bridgehead atoms. The lowest BCUT2D eigenvalue weighted by Gasteiger charge is -2.34. The molecule has 0 radical (unpaired) electrons. The molecule has 6 nitrogen and oxygen atoms in total. The number of aliphatic carboxylic acids is 1. The molecule has 1 heterocycles. The fourth-order valence-corrected chi connectivity index (χ4v) is 4.36. The summed E-state index contributed by atoms with van der Waals surface area (Å²) in [6.45, 7) is 5.42. The maximum absolute atomic E-state index is 12.7. The molecule has 0 saturated heterocycles. The highest BCUT2D eigenvalue weighted by Crippen LogP contribution is 2.52. The number of hydrogen-bond donors (Lipinski definition) is 1. The van der Waals surface area contributed by atoms with Crippen LogP contribution in [-0.2, 0) is 24.7 Å². The van der Waals surface area contributed by atoms with Crippen molar-refractivity contribution in [2.45, 2.75) is 18.4 Å². The Morgan fingerprint density at radius 2 is 1.97 bits per heavy atom. The molecule has 1 aliphatic heterocycles. The molecule has 156 valence electrons. The third kappa shape index (κ3) is 3.62. The van der Waals surface area contributed by atoms with E-state index in [0.29, 0.717) is 9.50 Å². The molecule has 3 rings (SSSR count). The number of esters is 2. The van der Waals surface area contributed by atoms with E-state index in [9.17, 15) is 19.5 Å². The van der Waals surface area contributed by atoms with Gasteiger partial charge in [-0.2, -0.15) is 0 Å². The second-order valence-corrected chi connectivity index (χ2v) is 8.22. The van der Waals surface area contributed by atoms with Crippen LogP contribution in [0.2, 0.25) is 10.0 Å². The van der Waals surface area contributed by atoms with Crippen LogP contribution >= 0.6 is 39.1 Å². The van der Waals surface area contributed by atoms with E-state index in [4.69, 9.17) is 32.7 Å². The van der Waals surface area contributed by atoms with Gasteiger partial charge >= 0.3 is 17.9 Å². The summed E-state index contributed by atoms with van der Waals surface area (Å²) in [5.41, 5.74) is -2.20. The number of cyclic esters (lactones) is 1. The van der Waals surface area contributed by atoms with Crippen LogP contribution in [0.1, 0.15) is 34.3 Å². The summed E-state index contributed by atoms with van der Waals surface area (Å²) in [4.78, 5) is 37.8. The number of carbonyl (C=O) groups is 3. The molecule has 2 aromatic carbocycles. The first-order chi connectivity index (χ1) is 14.1. The monoisotopic (exact) mass is 512 g/mol. The number of carbonyl (C=O) groups excluding carboxylic acids is 2. The first kappa shape index (κ1) is 22.3. The highest BCUT2D eigenvalue weighted by Gasteiger charge is 2.60. The van der Waals surface area contributed by atoms with Crippen molar-refractivity contribution in [1.29, 1.82) is 0 Å². The van der Waals surface area contributed by atoms with E-state index in [1.807, 2.05) is 0 Å². The van der Waals surface area contributed by atoms with Gasteiger partial charge in [0.25, 0.3) is 0 Å². The number of fused-ring (bicyclic) bond motifs is 1. The molecular formula is C21H15BrCl2O6. The molecule has 0 amide bonds. The number of rotatable bonds is 6. The summed E-state index contributed by atoms with van der Waals surface area (Å²) in [6.07, 6.45) is 0. The standard InChI is InChI=1S/C21H15BrCl2O6/c1-3-29-18(25)10(2)17(14-7-5-12(23)9-16(14)24)21(20(27)28)15-8-11(22)4-6-13(15)19(26)30-21/h4-9,17H,2-3H2,1H3,(H,27,28)/t17-,21-/m1/s1. The number of carboxylic acids is 1. The minimum absolute atomic E-state index is 0.0426. The Labute approximate surface area is 190 Å². The number of carboxylic acid groups (broad SMARTS) is 1. The van der Waals surface area contributed by atoms with Crippen LogP contribution in [0.3, 0.4) is 0 Å². The Hall–Kier alpha value is -2.35.